The van der Waals surface area contributed by atoms with Crippen molar-refractivity contribution in [2.75, 3.05) is 6.61 Å². The number of imidazole rings is 1. The van der Waals surface area contributed by atoms with Gasteiger partial charge in [0.25, 0.3) is 0 Å². The molecule has 4 aromatic rings. The minimum atomic E-state index is -0.989. The summed E-state index contributed by atoms with van der Waals surface area (Å²) in [4.78, 5) is 4.60. The number of hydrogen-bond acceptors (Lipinski definition) is 4. The van der Waals surface area contributed by atoms with Crippen LogP contribution in [0.2, 0.25) is 5.02 Å². The zero-order chi connectivity index (χ0) is 25.2. The van der Waals surface area contributed by atoms with Gasteiger partial charge < -0.3 is 14.0 Å². The Morgan fingerprint density at radius 1 is 1.06 bits per heavy atom. The summed E-state index contributed by atoms with van der Waals surface area (Å²) in [7, 11) is 0. The van der Waals surface area contributed by atoms with E-state index in [0.29, 0.717) is 46.3 Å². The zero-order valence-corrected chi connectivity index (χ0v) is 19.9. The molecule has 1 unspecified atom stereocenters. The summed E-state index contributed by atoms with van der Waals surface area (Å²) in [6, 6.07) is 13.2. The van der Waals surface area contributed by atoms with Crippen molar-refractivity contribution in [1.29, 1.82) is 5.26 Å². The highest BCUT2D eigenvalue weighted by Crippen LogP contribution is 2.36. The van der Waals surface area contributed by atoms with Crippen molar-refractivity contribution in [3.05, 3.63) is 82.1 Å². The van der Waals surface area contributed by atoms with Crippen LogP contribution in [0, 0.1) is 28.8 Å². The van der Waals surface area contributed by atoms with Gasteiger partial charge in [-0.05, 0) is 49.6 Å². The molecule has 5 rings (SSSR count). The van der Waals surface area contributed by atoms with Crippen LogP contribution in [0.25, 0.3) is 22.4 Å². The molecule has 5 nitrogen and oxygen atoms in total. The van der Waals surface area contributed by atoms with E-state index < -0.39 is 17.5 Å². The number of hydrogen-bond donors (Lipinski definition) is 0. The monoisotopic (exact) mass is 511 g/mol. The van der Waals surface area contributed by atoms with Gasteiger partial charge in [0.1, 0.15) is 24.0 Å². The van der Waals surface area contributed by atoms with Crippen LogP contribution >= 0.6 is 11.6 Å². The summed E-state index contributed by atoms with van der Waals surface area (Å²) < 4.78 is 56.3. The quantitative estimate of drug-likeness (QED) is 0.286. The lowest BCUT2D eigenvalue weighted by molar-refractivity contribution is 0.00685. The first kappa shape index (κ1) is 24.2. The van der Waals surface area contributed by atoms with Crippen LogP contribution in [0.3, 0.4) is 0 Å². The highest BCUT2D eigenvalue weighted by molar-refractivity contribution is 6.30. The van der Waals surface area contributed by atoms with Crippen LogP contribution in [0.5, 0.6) is 5.75 Å². The first-order chi connectivity index (χ1) is 17.4. The lowest BCUT2D eigenvalue weighted by Crippen LogP contribution is -2.24. The number of rotatable bonds is 6. The van der Waals surface area contributed by atoms with E-state index in [1.165, 1.54) is 12.1 Å². The average Bonchev–Trinajstić information content (AvgIpc) is 3.20. The summed E-state index contributed by atoms with van der Waals surface area (Å²) in [5, 5.41) is 9.36. The standard InChI is InChI=1S/C27H21ClF3N3O2/c28-18-6-7-20(26(10-18)36-15-17-5-4-16(13-32)9-21(17)29)27-33-24-11-22(30)23(31)12-25(24)34(27)14-19-3-1-2-8-35-19/h4-7,9-12,19H,1-3,8,14-15H2. The van der Waals surface area contributed by atoms with Crippen LogP contribution in [-0.4, -0.2) is 22.3 Å². The van der Waals surface area contributed by atoms with Crippen molar-refractivity contribution in [2.45, 2.75) is 38.5 Å². The molecule has 0 N–H and O–H groups in total. The third-order valence-electron chi connectivity index (χ3n) is 6.20. The van der Waals surface area contributed by atoms with Gasteiger partial charge in [0.15, 0.2) is 11.6 Å². The van der Waals surface area contributed by atoms with E-state index in [2.05, 4.69) is 4.98 Å². The van der Waals surface area contributed by atoms with Gasteiger partial charge in [-0.3, -0.25) is 0 Å². The van der Waals surface area contributed by atoms with E-state index in [1.807, 2.05) is 6.07 Å². The molecule has 184 valence electrons. The van der Waals surface area contributed by atoms with Gasteiger partial charge in [-0.25, -0.2) is 18.2 Å². The van der Waals surface area contributed by atoms with Crippen LogP contribution < -0.4 is 4.74 Å². The Bertz CT molecular complexity index is 1480. The molecule has 36 heavy (non-hydrogen) atoms. The maximum atomic E-state index is 14.4. The largest absolute Gasteiger partial charge is 0.488 e. The Kier molecular flexibility index (Phi) is 6.86. The molecular weight excluding hydrogens is 491 g/mol. The minimum Gasteiger partial charge on any atom is -0.488 e. The predicted octanol–water partition coefficient (Wildman–Crippen LogP) is 6.79. The average molecular weight is 512 g/mol. The molecule has 0 bridgehead atoms. The summed E-state index contributed by atoms with van der Waals surface area (Å²) in [6.07, 6.45) is 2.73. The summed E-state index contributed by atoms with van der Waals surface area (Å²) >= 11 is 6.24. The number of nitriles is 1. The zero-order valence-electron chi connectivity index (χ0n) is 19.1. The lowest BCUT2D eigenvalue weighted by Gasteiger charge is -2.24. The van der Waals surface area contributed by atoms with E-state index in [0.717, 1.165) is 37.5 Å². The van der Waals surface area contributed by atoms with Gasteiger partial charge in [0.05, 0.1) is 40.9 Å². The molecule has 1 saturated heterocycles. The Labute approximate surface area is 210 Å². The normalized spacial score (nSPS) is 15.7. The van der Waals surface area contributed by atoms with E-state index in [-0.39, 0.29) is 23.8 Å². The van der Waals surface area contributed by atoms with Crippen LogP contribution in [0.1, 0.15) is 30.4 Å². The van der Waals surface area contributed by atoms with Gasteiger partial charge in [-0.2, -0.15) is 5.26 Å². The molecular formula is C27H21ClF3N3O2. The highest BCUT2D eigenvalue weighted by atomic mass is 35.5. The minimum absolute atomic E-state index is 0.104. The molecule has 1 aliphatic rings. The molecule has 0 aliphatic carbocycles. The Hall–Kier alpha value is -3.54. The first-order valence-electron chi connectivity index (χ1n) is 11.5. The number of nitrogens with zero attached hydrogens (tertiary/aromatic N) is 3. The van der Waals surface area contributed by atoms with Crippen LogP contribution in [-0.2, 0) is 17.9 Å². The van der Waals surface area contributed by atoms with Crippen molar-refractivity contribution in [3.63, 3.8) is 0 Å². The lowest BCUT2D eigenvalue weighted by atomic mass is 10.1. The fourth-order valence-electron chi connectivity index (χ4n) is 4.36. The number of ether oxygens (including phenoxy) is 2. The second-order valence-electron chi connectivity index (χ2n) is 8.64. The number of aromatic nitrogens is 2. The van der Waals surface area contributed by atoms with Gasteiger partial charge in [-0.1, -0.05) is 17.7 Å². The summed E-state index contributed by atoms with van der Waals surface area (Å²) in [5.41, 5.74) is 1.71. The molecule has 2 heterocycles. The van der Waals surface area contributed by atoms with Crippen molar-refractivity contribution in [2.24, 2.45) is 0 Å². The third kappa shape index (κ3) is 4.90. The maximum Gasteiger partial charge on any atom is 0.161 e. The molecule has 1 aromatic heterocycles. The van der Waals surface area contributed by atoms with Crippen LogP contribution in [0.15, 0.2) is 48.5 Å². The van der Waals surface area contributed by atoms with Crippen molar-refractivity contribution in [3.8, 4) is 23.2 Å². The third-order valence-corrected chi connectivity index (χ3v) is 6.44. The molecule has 0 amide bonds. The van der Waals surface area contributed by atoms with Crippen LogP contribution in [0.4, 0.5) is 13.2 Å². The topological polar surface area (TPSA) is 60.1 Å². The molecule has 0 spiro atoms. The van der Waals surface area contributed by atoms with E-state index >= 15 is 0 Å². The maximum absolute atomic E-state index is 14.4. The number of benzene rings is 3. The van der Waals surface area contributed by atoms with Gasteiger partial charge in [-0.15, -0.1) is 0 Å². The van der Waals surface area contributed by atoms with Gasteiger partial charge in [0, 0.05) is 29.3 Å². The summed E-state index contributed by atoms with van der Waals surface area (Å²) in [5.74, 6) is -1.77. The Balaban J connectivity index is 1.56. The second-order valence-corrected chi connectivity index (χ2v) is 9.07. The van der Waals surface area contributed by atoms with Crippen molar-refractivity contribution in [1.82, 2.24) is 9.55 Å². The molecule has 0 saturated carbocycles. The Morgan fingerprint density at radius 3 is 2.64 bits per heavy atom. The first-order valence-corrected chi connectivity index (χ1v) is 11.9. The van der Waals surface area contributed by atoms with E-state index in [9.17, 15) is 13.2 Å². The fraction of sp³-hybridized carbons (Fsp3) is 0.259. The highest BCUT2D eigenvalue weighted by Gasteiger charge is 2.23. The molecule has 0 radical (unpaired) electrons. The molecule has 3 aromatic carbocycles. The van der Waals surface area contributed by atoms with Crippen molar-refractivity contribution < 1.29 is 22.6 Å². The van der Waals surface area contributed by atoms with E-state index in [4.69, 9.17) is 26.3 Å². The number of halogens is 4. The molecule has 1 atom stereocenters. The van der Waals surface area contributed by atoms with Gasteiger partial charge in [0.2, 0.25) is 0 Å². The fourth-order valence-corrected chi connectivity index (χ4v) is 4.52. The summed E-state index contributed by atoms with van der Waals surface area (Å²) in [6.45, 7) is 0.907. The smallest absolute Gasteiger partial charge is 0.161 e. The molecule has 1 fully saturated rings. The SMILES string of the molecule is N#Cc1ccc(COc2cc(Cl)ccc2-c2nc3cc(F)c(F)cc3n2CC2CCCCO2)c(F)c1. The predicted molar refractivity (Wildman–Crippen MR) is 129 cm³/mol. The van der Waals surface area contributed by atoms with Crippen molar-refractivity contribution >= 4 is 22.6 Å². The Morgan fingerprint density at radius 2 is 1.89 bits per heavy atom. The van der Waals surface area contributed by atoms with E-state index in [1.54, 1.807) is 22.8 Å². The molecule has 1 aliphatic heterocycles. The second kappa shape index (κ2) is 10.2. The number of fused-ring (bicyclic) bond motifs is 1. The van der Waals surface area contributed by atoms with Gasteiger partial charge >= 0.3 is 0 Å². The molecule has 9 heteroatoms.